The van der Waals surface area contributed by atoms with E-state index in [-0.39, 0.29) is 5.69 Å². The smallest absolute Gasteiger partial charge is 0.351 e. The van der Waals surface area contributed by atoms with E-state index < -0.39 is 5.97 Å². The molecule has 5 heteroatoms. The van der Waals surface area contributed by atoms with Crippen LogP contribution in [0.15, 0.2) is 48.5 Å². The van der Waals surface area contributed by atoms with Crippen LogP contribution >= 0.6 is 11.6 Å². The van der Waals surface area contributed by atoms with Crippen molar-refractivity contribution in [2.45, 2.75) is 13.3 Å². The minimum atomic E-state index is -1.03. The molecule has 0 aliphatic carbocycles. The molecule has 0 atom stereocenters. The highest BCUT2D eigenvalue weighted by Crippen LogP contribution is 2.40. The predicted molar refractivity (Wildman–Crippen MR) is 104 cm³/mol. The lowest BCUT2D eigenvalue weighted by atomic mass is 9.99. The Kier molecular flexibility index (Phi) is 4.83. The molecule has 0 unspecified atom stereocenters. The molecule has 0 saturated heterocycles. The van der Waals surface area contributed by atoms with Gasteiger partial charge in [-0.15, -0.1) is 0 Å². The minimum absolute atomic E-state index is 0.145. The van der Waals surface area contributed by atoms with Crippen molar-refractivity contribution in [3.05, 3.63) is 76.4 Å². The standard InChI is InChI=1S/C21H17ClN2O2/c1-4-17-19(23-2)18(20(21(25)26)24(17)3)15-7-5-13(6-8-15)14-9-11-16(22)12-10-14/h5-12H,4H2,1,3H3,(H,25,26). The van der Waals surface area contributed by atoms with Gasteiger partial charge < -0.3 is 9.67 Å². The van der Waals surface area contributed by atoms with Gasteiger partial charge >= 0.3 is 5.97 Å². The van der Waals surface area contributed by atoms with Crippen molar-refractivity contribution in [2.24, 2.45) is 7.05 Å². The Labute approximate surface area is 157 Å². The third-order valence-electron chi connectivity index (χ3n) is 4.49. The van der Waals surface area contributed by atoms with E-state index in [1.807, 2.05) is 55.5 Å². The highest BCUT2D eigenvalue weighted by atomic mass is 35.5. The van der Waals surface area contributed by atoms with Crippen LogP contribution in [-0.2, 0) is 13.5 Å². The lowest BCUT2D eigenvalue weighted by Gasteiger charge is -2.07. The number of benzene rings is 2. The summed E-state index contributed by atoms with van der Waals surface area (Å²) < 4.78 is 1.61. The Bertz CT molecular complexity index is 1010. The Morgan fingerprint density at radius 2 is 1.58 bits per heavy atom. The van der Waals surface area contributed by atoms with Crippen molar-refractivity contribution in [3.8, 4) is 22.3 Å². The molecule has 0 aliphatic heterocycles. The maximum Gasteiger partial charge on any atom is 0.351 e. The Morgan fingerprint density at radius 1 is 1.08 bits per heavy atom. The van der Waals surface area contributed by atoms with Gasteiger partial charge in [-0.2, -0.15) is 0 Å². The van der Waals surface area contributed by atoms with Crippen molar-refractivity contribution in [1.82, 2.24) is 4.57 Å². The third-order valence-corrected chi connectivity index (χ3v) is 4.74. The number of aromatic nitrogens is 1. The molecular weight excluding hydrogens is 348 g/mol. The molecule has 1 N–H and O–H groups in total. The van der Waals surface area contributed by atoms with E-state index in [0.717, 1.165) is 22.4 Å². The number of carboxylic acid groups (broad SMARTS) is 1. The summed E-state index contributed by atoms with van der Waals surface area (Å²) >= 11 is 5.93. The Balaban J connectivity index is 2.14. The molecule has 3 aromatic rings. The van der Waals surface area contributed by atoms with Crippen molar-refractivity contribution in [1.29, 1.82) is 0 Å². The van der Waals surface area contributed by atoms with Crippen LogP contribution in [-0.4, -0.2) is 15.6 Å². The van der Waals surface area contributed by atoms with Gasteiger partial charge in [0, 0.05) is 23.3 Å². The van der Waals surface area contributed by atoms with Crippen molar-refractivity contribution in [3.63, 3.8) is 0 Å². The average Bonchev–Trinajstić information content (AvgIpc) is 2.94. The van der Waals surface area contributed by atoms with E-state index in [9.17, 15) is 9.90 Å². The third kappa shape index (κ3) is 2.98. The van der Waals surface area contributed by atoms with Crippen LogP contribution in [0.5, 0.6) is 0 Å². The molecule has 0 fully saturated rings. The summed E-state index contributed by atoms with van der Waals surface area (Å²) in [6, 6.07) is 15.1. The van der Waals surface area contributed by atoms with E-state index in [2.05, 4.69) is 4.85 Å². The van der Waals surface area contributed by atoms with E-state index >= 15 is 0 Å². The molecule has 3 rings (SSSR count). The van der Waals surface area contributed by atoms with Gasteiger partial charge in [-0.25, -0.2) is 9.64 Å². The molecule has 1 aromatic heterocycles. The normalized spacial score (nSPS) is 10.5. The molecule has 0 aliphatic rings. The van der Waals surface area contributed by atoms with Crippen LogP contribution in [0.3, 0.4) is 0 Å². The van der Waals surface area contributed by atoms with Gasteiger partial charge in [-0.3, -0.25) is 0 Å². The topological polar surface area (TPSA) is 46.6 Å². The molecule has 0 spiro atoms. The molecule has 130 valence electrons. The number of hydrogen-bond donors (Lipinski definition) is 1. The van der Waals surface area contributed by atoms with Gasteiger partial charge in [0.15, 0.2) is 0 Å². The van der Waals surface area contributed by atoms with Crippen LogP contribution in [0, 0.1) is 6.57 Å². The van der Waals surface area contributed by atoms with Crippen molar-refractivity contribution >= 4 is 23.3 Å². The molecular formula is C21H17ClN2O2. The maximum absolute atomic E-state index is 11.8. The number of carboxylic acids is 1. The van der Waals surface area contributed by atoms with Crippen LogP contribution in [0.1, 0.15) is 23.1 Å². The number of nitrogens with zero attached hydrogens (tertiary/aromatic N) is 2. The molecule has 4 nitrogen and oxygen atoms in total. The second-order valence-corrected chi connectivity index (χ2v) is 6.37. The number of rotatable bonds is 4. The Morgan fingerprint density at radius 3 is 2.04 bits per heavy atom. The first-order chi connectivity index (χ1) is 12.5. The van der Waals surface area contributed by atoms with Gasteiger partial charge in [0.05, 0.1) is 6.57 Å². The number of carbonyl (C=O) groups is 1. The fraction of sp³-hybridized carbons (Fsp3) is 0.143. The van der Waals surface area contributed by atoms with Crippen LogP contribution < -0.4 is 0 Å². The number of halogens is 1. The molecule has 0 amide bonds. The fourth-order valence-corrected chi connectivity index (χ4v) is 3.36. The summed E-state index contributed by atoms with van der Waals surface area (Å²) in [7, 11) is 1.70. The van der Waals surface area contributed by atoms with E-state index in [0.29, 0.717) is 22.7 Å². The van der Waals surface area contributed by atoms with Gasteiger partial charge in [-0.1, -0.05) is 54.9 Å². The Hall–Kier alpha value is -3.03. The molecule has 2 aromatic carbocycles. The maximum atomic E-state index is 11.8. The van der Waals surface area contributed by atoms with Crippen LogP contribution in [0.25, 0.3) is 27.1 Å². The lowest BCUT2D eigenvalue weighted by molar-refractivity contribution is 0.0687. The number of hydrogen-bond acceptors (Lipinski definition) is 1. The summed E-state index contributed by atoms with van der Waals surface area (Å²) in [5.41, 5.74) is 4.51. The molecule has 0 radical (unpaired) electrons. The zero-order valence-corrected chi connectivity index (χ0v) is 15.2. The van der Waals surface area contributed by atoms with E-state index in [1.165, 1.54) is 0 Å². The minimum Gasteiger partial charge on any atom is -0.477 e. The zero-order valence-electron chi connectivity index (χ0n) is 14.5. The van der Waals surface area contributed by atoms with Gasteiger partial charge in [0.25, 0.3) is 0 Å². The van der Waals surface area contributed by atoms with Gasteiger partial charge in [-0.05, 0) is 35.2 Å². The number of aromatic carboxylic acids is 1. The lowest BCUT2D eigenvalue weighted by Crippen LogP contribution is -2.07. The molecule has 0 bridgehead atoms. The monoisotopic (exact) mass is 364 g/mol. The van der Waals surface area contributed by atoms with Crippen LogP contribution in [0.4, 0.5) is 5.69 Å². The van der Waals surface area contributed by atoms with Crippen molar-refractivity contribution < 1.29 is 9.90 Å². The highest BCUT2D eigenvalue weighted by Gasteiger charge is 2.25. The summed E-state index contributed by atoms with van der Waals surface area (Å²) in [6.45, 7) is 9.45. The van der Waals surface area contributed by atoms with Gasteiger partial charge in [0.2, 0.25) is 5.69 Å². The summed E-state index contributed by atoms with van der Waals surface area (Å²) in [5.74, 6) is -1.03. The largest absolute Gasteiger partial charge is 0.477 e. The molecule has 0 saturated carbocycles. The van der Waals surface area contributed by atoms with Gasteiger partial charge in [0.1, 0.15) is 5.69 Å². The predicted octanol–water partition coefficient (Wildman–Crippen LogP) is 5.82. The summed E-state index contributed by atoms with van der Waals surface area (Å²) in [6.07, 6.45) is 0.595. The summed E-state index contributed by atoms with van der Waals surface area (Å²) in [5, 5.41) is 10.3. The first-order valence-electron chi connectivity index (χ1n) is 8.16. The van der Waals surface area contributed by atoms with Crippen molar-refractivity contribution in [2.75, 3.05) is 0 Å². The fourth-order valence-electron chi connectivity index (χ4n) is 3.24. The van der Waals surface area contributed by atoms with Crippen LogP contribution in [0.2, 0.25) is 5.02 Å². The first-order valence-corrected chi connectivity index (χ1v) is 8.54. The SMILES string of the molecule is [C-]#[N+]c1c(-c2ccc(-c3ccc(Cl)cc3)cc2)c(C(=O)O)n(C)c1CC. The summed E-state index contributed by atoms with van der Waals surface area (Å²) in [4.78, 5) is 15.4. The second kappa shape index (κ2) is 7.07. The molecule has 1 heterocycles. The second-order valence-electron chi connectivity index (χ2n) is 5.93. The van der Waals surface area contributed by atoms with E-state index in [1.54, 1.807) is 11.6 Å². The quantitative estimate of drug-likeness (QED) is 0.592. The zero-order chi connectivity index (χ0) is 18.8. The highest BCUT2D eigenvalue weighted by molar-refractivity contribution is 6.30. The first kappa shape index (κ1) is 17.8. The molecule has 26 heavy (non-hydrogen) atoms. The van der Waals surface area contributed by atoms with E-state index in [4.69, 9.17) is 18.2 Å². The average molecular weight is 365 g/mol.